The maximum Gasteiger partial charge on any atom is 0.255 e. The first-order valence-corrected chi connectivity index (χ1v) is 10.6. The Kier molecular flexibility index (Phi) is 5.41. The van der Waals surface area contributed by atoms with Crippen LogP contribution >= 0.6 is 12.2 Å². The molecule has 1 aliphatic rings. The maximum absolute atomic E-state index is 12.8. The Balaban J connectivity index is 1.33. The first-order valence-electron chi connectivity index (χ1n) is 10.2. The topological polar surface area (TPSA) is 108 Å². The van der Waals surface area contributed by atoms with Gasteiger partial charge in [0.2, 0.25) is 10.7 Å². The summed E-state index contributed by atoms with van der Waals surface area (Å²) in [6.45, 7) is 0. The number of tetrazole rings is 1. The highest BCUT2D eigenvalue weighted by Crippen LogP contribution is 2.32. The number of benzene rings is 3. The van der Waals surface area contributed by atoms with Gasteiger partial charge in [-0.1, -0.05) is 46.7 Å². The van der Waals surface area contributed by atoms with Gasteiger partial charge in [0.05, 0.1) is 23.8 Å². The van der Waals surface area contributed by atoms with Crippen molar-refractivity contribution in [3.05, 3.63) is 94.8 Å². The van der Waals surface area contributed by atoms with E-state index in [1.165, 1.54) is 4.68 Å². The predicted octanol–water partition coefficient (Wildman–Crippen LogP) is 3.56. The number of hydrazine groups is 1. The van der Waals surface area contributed by atoms with E-state index in [1.54, 1.807) is 30.3 Å². The predicted molar refractivity (Wildman–Crippen MR) is 125 cm³/mol. The van der Waals surface area contributed by atoms with E-state index < -0.39 is 0 Å². The lowest BCUT2D eigenvalue weighted by molar-refractivity contribution is -0.119. The van der Waals surface area contributed by atoms with Gasteiger partial charge < -0.3 is 5.32 Å². The van der Waals surface area contributed by atoms with Gasteiger partial charge in [0.15, 0.2) is 0 Å². The van der Waals surface area contributed by atoms with Crippen molar-refractivity contribution in [2.75, 3.05) is 10.3 Å². The Morgan fingerprint density at radius 2 is 1.79 bits per heavy atom. The fourth-order valence-corrected chi connectivity index (χ4v) is 3.96. The Bertz CT molecular complexity index is 1370. The van der Waals surface area contributed by atoms with Gasteiger partial charge in [0.1, 0.15) is 0 Å². The Morgan fingerprint density at radius 1 is 1.00 bits per heavy atom. The third-order valence-electron chi connectivity index (χ3n) is 5.36. The number of carbonyl (C=O) groups excluding carboxylic acids is 2. The molecule has 1 unspecified atom stereocenters. The summed E-state index contributed by atoms with van der Waals surface area (Å²) < 4.78 is 1.82. The van der Waals surface area contributed by atoms with Crippen LogP contribution in [0.5, 0.6) is 0 Å². The second-order valence-electron chi connectivity index (χ2n) is 7.50. The van der Waals surface area contributed by atoms with Gasteiger partial charge in [-0.2, -0.15) is 5.21 Å². The first-order chi connectivity index (χ1) is 16.1. The molecule has 0 saturated carbocycles. The van der Waals surface area contributed by atoms with Gasteiger partial charge in [-0.3, -0.25) is 20.0 Å². The fourth-order valence-electron chi connectivity index (χ4n) is 3.78. The number of hydrogen-bond donors (Lipinski definition) is 3. The van der Waals surface area contributed by atoms with Crippen molar-refractivity contribution < 1.29 is 9.59 Å². The van der Waals surface area contributed by atoms with Crippen molar-refractivity contribution in [2.45, 2.75) is 12.5 Å². The molecule has 9 nitrogen and oxygen atoms in total. The minimum atomic E-state index is -0.255. The van der Waals surface area contributed by atoms with Crippen molar-refractivity contribution in [3.63, 3.8) is 0 Å². The molecule has 0 aliphatic carbocycles. The van der Waals surface area contributed by atoms with Crippen LogP contribution in [0.15, 0.2) is 78.9 Å². The van der Waals surface area contributed by atoms with Crippen molar-refractivity contribution in [1.29, 1.82) is 0 Å². The number of aromatic amines is 1. The van der Waals surface area contributed by atoms with E-state index in [1.807, 2.05) is 53.5 Å². The van der Waals surface area contributed by atoms with Crippen LogP contribution in [0.3, 0.4) is 0 Å². The van der Waals surface area contributed by atoms with Gasteiger partial charge >= 0.3 is 0 Å². The lowest BCUT2D eigenvalue weighted by Crippen LogP contribution is -2.34. The van der Waals surface area contributed by atoms with Crippen molar-refractivity contribution >= 4 is 35.4 Å². The van der Waals surface area contributed by atoms with Crippen LogP contribution in [0.1, 0.15) is 28.4 Å². The van der Waals surface area contributed by atoms with E-state index in [9.17, 15) is 9.59 Å². The summed E-state index contributed by atoms with van der Waals surface area (Å²) in [6, 6.07) is 24.0. The summed E-state index contributed by atoms with van der Waals surface area (Å²) in [7, 11) is 0. The maximum atomic E-state index is 12.8. The van der Waals surface area contributed by atoms with Gasteiger partial charge in [0.25, 0.3) is 5.91 Å². The Labute approximate surface area is 194 Å². The average molecular weight is 458 g/mol. The van der Waals surface area contributed by atoms with Crippen LogP contribution in [0, 0.1) is 4.77 Å². The summed E-state index contributed by atoms with van der Waals surface area (Å²) in [5.41, 5.74) is 6.55. The number of nitrogens with one attached hydrogen (secondary N) is 3. The Hall–Kier alpha value is -4.31. The molecule has 1 fully saturated rings. The second-order valence-corrected chi connectivity index (χ2v) is 7.87. The molecule has 2 heterocycles. The number of amides is 2. The van der Waals surface area contributed by atoms with Crippen LogP contribution in [0.4, 0.5) is 11.4 Å². The molecular weight excluding hydrogens is 438 g/mol. The second kappa shape index (κ2) is 8.67. The van der Waals surface area contributed by atoms with Crippen molar-refractivity contribution in [1.82, 2.24) is 25.6 Å². The molecular formula is C23H19N7O2S. The summed E-state index contributed by atoms with van der Waals surface area (Å²) >= 11 is 5.12. The molecule has 4 aromatic rings. The normalized spacial score (nSPS) is 15.3. The van der Waals surface area contributed by atoms with Crippen molar-refractivity contribution in [2.24, 2.45) is 0 Å². The minimum Gasteiger partial charge on any atom is -0.322 e. The van der Waals surface area contributed by atoms with E-state index in [4.69, 9.17) is 12.2 Å². The summed E-state index contributed by atoms with van der Waals surface area (Å²) in [5, 5.41) is 14.8. The molecule has 3 aromatic carbocycles. The number of anilines is 2. The highest BCUT2D eigenvalue weighted by atomic mass is 32.1. The molecule has 0 bridgehead atoms. The molecule has 33 heavy (non-hydrogen) atoms. The van der Waals surface area contributed by atoms with E-state index in [2.05, 4.69) is 26.3 Å². The molecule has 1 aromatic heterocycles. The van der Waals surface area contributed by atoms with Gasteiger partial charge in [-0.15, -0.1) is 0 Å². The molecule has 0 radical (unpaired) electrons. The van der Waals surface area contributed by atoms with E-state index in [0.29, 0.717) is 23.4 Å². The number of aromatic nitrogens is 4. The molecule has 1 aliphatic heterocycles. The highest BCUT2D eigenvalue weighted by Gasteiger charge is 2.31. The first kappa shape index (κ1) is 20.6. The third-order valence-corrected chi connectivity index (χ3v) is 5.63. The number of H-pyrrole nitrogens is 1. The summed E-state index contributed by atoms with van der Waals surface area (Å²) in [5.74, 6) is -0.298. The van der Waals surface area contributed by atoms with E-state index >= 15 is 0 Å². The van der Waals surface area contributed by atoms with E-state index in [-0.39, 0.29) is 22.6 Å². The SMILES string of the molecule is O=C1CC(c2ccccc2)N(c2ccc(C(=O)Nc3cccc(-n4[nH]nnc4=S)c3)cc2)N1. The fraction of sp³-hybridized carbons (Fsp3) is 0.0870. The van der Waals surface area contributed by atoms with Crippen LogP contribution in [-0.4, -0.2) is 32.0 Å². The largest absolute Gasteiger partial charge is 0.322 e. The minimum absolute atomic E-state index is 0.0434. The Morgan fingerprint density at radius 3 is 2.52 bits per heavy atom. The highest BCUT2D eigenvalue weighted by molar-refractivity contribution is 7.71. The number of nitrogens with zero attached hydrogens (tertiary/aromatic N) is 4. The molecule has 2 amide bonds. The van der Waals surface area contributed by atoms with Gasteiger partial charge in [-0.25, -0.2) is 4.68 Å². The molecule has 0 spiro atoms. The smallest absolute Gasteiger partial charge is 0.255 e. The number of rotatable bonds is 5. The third kappa shape index (κ3) is 4.23. The lowest BCUT2D eigenvalue weighted by atomic mass is 10.0. The zero-order chi connectivity index (χ0) is 22.8. The monoisotopic (exact) mass is 457 g/mol. The van der Waals surface area contributed by atoms with Crippen LogP contribution in [0.2, 0.25) is 0 Å². The van der Waals surface area contributed by atoms with Gasteiger partial charge in [-0.05, 0) is 60.2 Å². The van der Waals surface area contributed by atoms with Gasteiger partial charge in [0, 0.05) is 11.3 Å². The standard InChI is InChI=1S/C23H19N7O2S/c31-21-14-20(15-5-2-1-3-6-15)29(26-21)18-11-9-16(10-12-18)22(32)24-17-7-4-8-19(13-17)30-23(33)25-27-28-30/h1-13,20H,14H2,(H,24,32)(H,26,31)(H,25,28,33). The molecule has 10 heteroatoms. The molecule has 164 valence electrons. The molecule has 1 saturated heterocycles. The summed E-state index contributed by atoms with van der Waals surface area (Å²) in [4.78, 5) is 24.9. The van der Waals surface area contributed by atoms with Crippen molar-refractivity contribution in [3.8, 4) is 5.69 Å². The number of carbonyl (C=O) groups is 2. The summed E-state index contributed by atoms with van der Waals surface area (Å²) in [6.07, 6.45) is 0.373. The van der Waals surface area contributed by atoms with Crippen LogP contribution < -0.4 is 15.8 Å². The quantitative estimate of drug-likeness (QED) is 0.396. The lowest BCUT2D eigenvalue weighted by Gasteiger charge is -2.26. The molecule has 1 atom stereocenters. The molecule has 5 rings (SSSR count). The zero-order valence-corrected chi connectivity index (χ0v) is 18.1. The van der Waals surface area contributed by atoms with Crippen LogP contribution in [-0.2, 0) is 4.79 Å². The zero-order valence-electron chi connectivity index (χ0n) is 17.3. The van der Waals surface area contributed by atoms with E-state index in [0.717, 1.165) is 11.3 Å². The van der Waals surface area contributed by atoms with Crippen LogP contribution in [0.25, 0.3) is 5.69 Å². The number of hydrogen-bond acceptors (Lipinski definition) is 6. The average Bonchev–Trinajstić information content (AvgIpc) is 3.45. The molecule has 3 N–H and O–H groups in total.